The van der Waals surface area contributed by atoms with Gasteiger partial charge in [-0.25, -0.2) is 8.78 Å². The van der Waals surface area contributed by atoms with E-state index in [1.54, 1.807) is 7.11 Å². The zero-order valence-electron chi connectivity index (χ0n) is 12.7. The molecule has 0 fully saturated rings. The van der Waals surface area contributed by atoms with Gasteiger partial charge in [0.2, 0.25) is 0 Å². The molecule has 1 heterocycles. The number of halogens is 2. The Balaban J connectivity index is 2.32. The molecule has 0 N–H and O–H groups in total. The molecule has 0 bridgehead atoms. The van der Waals surface area contributed by atoms with Crippen LogP contribution in [-0.4, -0.2) is 31.5 Å². The Morgan fingerprint density at radius 1 is 1.25 bits per heavy atom. The molecule has 2 rings (SSSR count). The van der Waals surface area contributed by atoms with E-state index in [9.17, 15) is 8.78 Å². The van der Waals surface area contributed by atoms with Gasteiger partial charge in [0.1, 0.15) is 5.75 Å². The number of benzene rings is 1. The fraction of sp³-hybridized carbons (Fsp3) is 0.625. The lowest BCUT2D eigenvalue weighted by Gasteiger charge is -2.31. The first kappa shape index (κ1) is 15.2. The average molecular weight is 283 g/mol. The molecule has 1 aliphatic rings. The highest BCUT2D eigenvalue weighted by atomic mass is 19.3. The maximum atomic E-state index is 12.5. The summed E-state index contributed by atoms with van der Waals surface area (Å²) in [4.78, 5) is 1.83. The number of fused-ring (bicyclic) bond motifs is 1. The number of rotatable bonds is 3. The number of alkyl halides is 2. The van der Waals surface area contributed by atoms with Crippen LogP contribution >= 0.6 is 0 Å². The van der Waals surface area contributed by atoms with Crippen LogP contribution in [0, 0.1) is 0 Å². The van der Waals surface area contributed by atoms with Gasteiger partial charge < -0.3 is 4.74 Å². The zero-order valence-corrected chi connectivity index (χ0v) is 12.7. The van der Waals surface area contributed by atoms with Gasteiger partial charge >= 0.3 is 0 Å². The molecule has 2 nitrogen and oxygen atoms in total. The van der Waals surface area contributed by atoms with Crippen LogP contribution in [0.15, 0.2) is 12.1 Å². The summed E-state index contributed by atoms with van der Waals surface area (Å²) in [7, 11) is 1.68. The van der Waals surface area contributed by atoms with Gasteiger partial charge in [-0.3, -0.25) is 4.90 Å². The second kappa shape index (κ2) is 5.68. The number of methoxy groups -OCH3 is 1. The van der Waals surface area contributed by atoms with E-state index in [0.717, 1.165) is 23.3 Å². The van der Waals surface area contributed by atoms with E-state index < -0.39 is 6.43 Å². The van der Waals surface area contributed by atoms with Crippen molar-refractivity contribution in [3.05, 3.63) is 28.8 Å². The second-order valence-electron chi connectivity index (χ2n) is 6.45. The molecule has 0 spiro atoms. The molecule has 4 heteroatoms. The third-order valence-corrected chi connectivity index (χ3v) is 3.82. The first-order chi connectivity index (χ1) is 9.31. The third-order valence-electron chi connectivity index (χ3n) is 3.82. The maximum absolute atomic E-state index is 12.5. The van der Waals surface area contributed by atoms with E-state index in [-0.39, 0.29) is 12.0 Å². The molecular weight excluding hydrogens is 260 g/mol. The Hall–Kier alpha value is -1.16. The molecule has 0 radical (unpaired) electrons. The van der Waals surface area contributed by atoms with Crippen molar-refractivity contribution >= 4 is 0 Å². The Labute approximate surface area is 119 Å². The van der Waals surface area contributed by atoms with Gasteiger partial charge in [0, 0.05) is 13.1 Å². The van der Waals surface area contributed by atoms with E-state index in [4.69, 9.17) is 4.74 Å². The van der Waals surface area contributed by atoms with Crippen LogP contribution in [0.3, 0.4) is 0 Å². The second-order valence-corrected chi connectivity index (χ2v) is 6.45. The Morgan fingerprint density at radius 2 is 1.95 bits per heavy atom. The summed E-state index contributed by atoms with van der Waals surface area (Å²) in [6.45, 7) is 7.56. The van der Waals surface area contributed by atoms with Crippen molar-refractivity contribution in [2.45, 2.75) is 45.6 Å². The SMILES string of the molecule is COc1cc2c(cc1C(C)(C)C)CN(CC(F)F)CC2. The summed E-state index contributed by atoms with van der Waals surface area (Å²) < 4.78 is 30.5. The van der Waals surface area contributed by atoms with Crippen molar-refractivity contribution < 1.29 is 13.5 Å². The quantitative estimate of drug-likeness (QED) is 0.840. The molecule has 112 valence electrons. The van der Waals surface area contributed by atoms with Gasteiger partial charge in [-0.2, -0.15) is 0 Å². The van der Waals surface area contributed by atoms with Crippen LogP contribution in [0.1, 0.15) is 37.5 Å². The number of hydrogen-bond acceptors (Lipinski definition) is 2. The minimum Gasteiger partial charge on any atom is -0.496 e. The molecule has 0 amide bonds. The van der Waals surface area contributed by atoms with E-state index >= 15 is 0 Å². The summed E-state index contributed by atoms with van der Waals surface area (Å²) in [6, 6.07) is 4.21. The van der Waals surface area contributed by atoms with E-state index in [0.29, 0.717) is 13.1 Å². The summed E-state index contributed by atoms with van der Waals surface area (Å²) in [5.41, 5.74) is 3.49. The molecule has 1 aromatic rings. The zero-order chi connectivity index (χ0) is 14.9. The fourth-order valence-electron chi connectivity index (χ4n) is 2.75. The lowest BCUT2D eigenvalue weighted by Crippen LogP contribution is -2.34. The molecule has 0 saturated heterocycles. The van der Waals surface area contributed by atoms with Crippen LogP contribution in [0.25, 0.3) is 0 Å². The molecular formula is C16H23F2NO. The molecule has 1 aliphatic heterocycles. The Kier molecular flexibility index (Phi) is 4.33. The molecule has 0 aliphatic carbocycles. The van der Waals surface area contributed by atoms with Gasteiger partial charge in [0.25, 0.3) is 6.43 Å². The smallest absolute Gasteiger partial charge is 0.251 e. The van der Waals surface area contributed by atoms with Crippen LogP contribution in [0.2, 0.25) is 0 Å². The Bertz CT molecular complexity index is 480. The van der Waals surface area contributed by atoms with E-state index in [1.165, 1.54) is 5.56 Å². The number of hydrogen-bond donors (Lipinski definition) is 0. The van der Waals surface area contributed by atoms with Gasteiger partial charge in [0.15, 0.2) is 0 Å². The van der Waals surface area contributed by atoms with Gasteiger partial charge in [-0.1, -0.05) is 26.8 Å². The van der Waals surface area contributed by atoms with Crippen LogP contribution in [-0.2, 0) is 18.4 Å². The summed E-state index contributed by atoms with van der Waals surface area (Å²) in [5, 5.41) is 0. The van der Waals surface area contributed by atoms with E-state index in [1.807, 2.05) is 4.90 Å². The lowest BCUT2D eigenvalue weighted by atomic mass is 9.83. The first-order valence-corrected chi connectivity index (χ1v) is 7.02. The van der Waals surface area contributed by atoms with Crippen LogP contribution < -0.4 is 4.74 Å². The highest BCUT2D eigenvalue weighted by Gasteiger charge is 2.25. The monoisotopic (exact) mass is 283 g/mol. The predicted molar refractivity (Wildman–Crippen MR) is 76.7 cm³/mol. The molecule has 0 atom stereocenters. The topological polar surface area (TPSA) is 12.5 Å². The minimum atomic E-state index is -2.27. The van der Waals surface area contributed by atoms with Crippen molar-refractivity contribution in [1.29, 1.82) is 0 Å². The van der Waals surface area contributed by atoms with Crippen molar-refractivity contribution in [3.8, 4) is 5.75 Å². The summed E-state index contributed by atoms with van der Waals surface area (Å²) >= 11 is 0. The molecule has 20 heavy (non-hydrogen) atoms. The fourth-order valence-corrected chi connectivity index (χ4v) is 2.75. The minimum absolute atomic E-state index is 0.0225. The first-order valence-electron chi connectivity index (χ1n) is 7.02. The van der Waals surface area contributed by atoms with Crippen molar-refractivity contribution in [1.82, 2.24) is 4.90 Å². The molecule has 0 aromatic heterocycles. The van der Waals surface area contributed by atoms with Crippen molar-refractivity contribution in [2.24, 2.45) is 0 Å². The summed E-state index contributed by atoms with van der Waals surface area (Å²) in [5.74, 6) is 0.901. The van der Waals surface area contributed by atoms with Crippen molar-refractivity contribution in [2.75, 3.05) is 20.2 Å². The van der Waals surface area contributed by atoms with Crippen molar-refractivity contribution in [3.63, 3.8) is 0 Å². The lowest BCUT2D eigenvalue weighted by molar-refractivity contribution is 0.0820. The van der Waals surface area contributed by atoms with E-state index in [2.05, 4.69) is 32.9 Å². The molecule has 0 unspecified atom stereocenters. The normalized spacial score (nSPS) is 16.4. The van der Waals surface area contributed by atoms with Crippen LogP contribution in [0.5, 0.6) is 5.75 Å². The van der Waals surface area contributed by atoms with Gasteiger partial charge in [0.05, 0.1) is 13.7 Å². The van der Waals surface area contributed by atoms with Crippen LogP contribution in [0.4, 0.5) is 8.78 Å². The number of nitrogens with zero attached hydrogens (tertiary/aromatic N) is 1. The maximum Gasteiger partial charge on any atom is 0.251 e. The largest absolute Gasteiger partial charge is 0.496 e. The summed E-state index contributed by atoms with van der Waals surface area (Å²) in [6.07, 6.45) is -1.46. The average Bonchev–Trinajstić information content (AvgIpc) is 2.35. The highest BCUT2D eigenvalue weighted by Crippen LogP contribution is 2.35. The predicted octanol–water partition coefficient (Wildman–Crippen LogP) is 3.62. The third kappa shape index (κ3) is 3.29. The number of ether oxygens (including phenoxy) is 1. The molecule has 0 saturated carbocycles. The van der Waals surface area contributed by atoms with Gasteiger partial charge in [-0.15, -0.1) is 0 Å². The Morgan fingerprint density at radius 3 is 2.50 bits per heavy atom. The standard InChI is InChI=1S/C16H23F2NO/c1-16(2,3)13-7-12-9-19(10-15(17)18)6-5-11(12)8-14(13)20-4/h7-8,15H,5-6,9-10H2,1-4H3. The van der Waals surface area contributed by atoms with Gasteiger partial charge in [-0.05, 0) is 34.6 Å². The highest BCUT2D eigenvalue weighted by molar-refractivity contribution is 5.46. The molecule has 1 aromatic carbocycles.